The Bertz CT molecular complexity index is 1100. The topological polar surface area (TPSA) is 91.9 Å². The van der Waals surface area contributed by atoms with Crippen LogP contribution in [0.25, 0.3) is 0 Å². The van der Waals surface area contributed by atoms with Gasteiger partial charge < -0.3 is 15.5 Å². The van der Waals surface area contributed by atoms with Crippen LogP contribution in [0, 0.1) is 0 Å². The van der Waals surface area contributed by atoms with Gasteiger partial charge in [-0.1, -0.05) is 23.2 Å². The maximum absolute atomic E-state index is 13.4. The summed E-state index contributed by atoms with van der Waals surface area (Å²) in [6.07, 6.45) is 4.65. The SMILES string of the molecule is NC1=C(C2=NCCCN(Cc3ccncc3)C2=O)CN(C(=O)c2ccc(Cl)c(Cl)c2)CC1. The Morgan fingerprint density at radius 2 is 1.88 bits per heavy atom. The number of nitrogens with two attached hydrogens (primary N) is 1. The Hall–Kier alpha value is -2.90. The molecule has 0 aliphatic carbocycles. The molecule has 2 aromatic rings. The fourth-order valence-electron chi connectivity index (χ4n) is 3.85. The lowest BCUT2D eigenvalue weighted by atomic mass is 9.99. The van der Waals surface area contributed by atoms with Gasteiger partial charge in [0.25, 0.3) is 11.8 Å². The maximum atomic E-state index is 13.4. The summed E-state index contributed by atoms with van der Waals surface area (Å²) in [5, 5.41) is 0.708. The lowest BCUT2D eigenvalue weighted by Gasteiger charge is -2.31. The first-order chi connectivity index (χ1) is 15.4. The number of aromatic nitrogens is 1. The summed E-state index contributed by atoms with van der Waals surface area (Å²) in [4.78, 5) is 38.5. The van der Waals surface area contributed by atoms with Crippen LogP contribution in [0.2, 0.25) is 10.0 Å². The normalized spacial score (nSPS) is 17.3. The van der Waals surface area contributed by atoms with Gasteiger partial charge in [-0.25, -0.2) is 0 Å². The second-order valence-electron chi connectivity index (χ2n) is 7.78. The van der Waals surface area contributed by atoms with Crippen molar-refractivity contribution in [3.63, 3.8) is 0 Å². The highest BCUT2D eigenvalue weighted by Crippen LogP contribution is 2.25. The molecule has 7 nitrogen and oxygen atoms in total. The van der Waals surface area contributed by atoms with Gasteiger partial charge in [0, 0.05) is 68.4 Å². The third-order valence-electron chi connectivity index (χ3n) is 5.60. The van der Waals surface area contributed by atoms with Crippen molar-refractivity contribution in [3.8, 4) is 0 Å². The van der Waals surface area contributed by atoms with E-state index in [0.29, 0.717) is 65.2 Å². The summed E-state index contributed by atoms with van der Waals surface area (Å²) in [6, 6.07) is 8.57. The molecule has 2 aliphatic rings. The predicted octanol–water partition coefficient (Wildman–Crippen LogP) is 3.32. The van der Waals surface area contributed by atoms with Crippen LogP contribution in [-0.4, -0.2) is 58.5 Å². The molecule has 0 saturated carbocycles. The molecule has 0 unspecified atom stereocenters. The summed E-state index contributed by atoms with van der Waals surface area (Å²) >= 11 is 12.1. The smallest absolute Gasteiger partial charge is 0.272 e. The molecule has 166 valence electrons. The van der Waals surface area contributed by atoms with E-state index in [2.05, 4.69) is 9.98 Å². The number of hydrogen-bond acceptors (Lipinski definition) is 5. The van der Waals surface area contributed by atoms with Crippen molar-refractivity contribution in [1.82, 2.24) is 14.8 Å². The standard InChI is InChI=1S/C23H23Cl2N5O2/c24-18-3-2-16(12-19(18)25)22(31)30-11-6-20(26)17(14-30)21-23(32)29(10-1-7-28-21)13-15-4-8-27-9-5-15/h2-5,8-9,12H,1,6-7,10-11,13-14,26H2. The van der Waals surface area contributed by atoms with Crippen LogP contribution in [0.15, 0.2) is 59.0 Å². The molecule has 0 bridgehead atoms. The molecular formula is C23H23Cl2N5O2. The van der Waals surface area contributed by atoms with E-state index in [9.17, 15) is 9.59 Å². The zero-order chi connectivity index (χ0) is 22.7. The average Bonchev–Trinajstić information content (AvgIpc) is 2.98. The van der Waals surface area contributed by atoms with Gasteiger partial charge in [-0.3, -0.25) is 19.6 Å². The van der Waals surface area contributed by atoms with Crippen LogP contribution in [0.3, 0.4) is 0 Å². The van der Waals surface area contributed by atoms with E-state index in [1.54, 1.807) is 40.4 Å². The minimum atomic E-state index is -0.191. The van der Waals surface area contributed by atoms with Crippen LogP contribution in [0.5, 0.6) is 0 Å². The van der Waals surface area contributed by atoms with Gasteiger partial charge in [0.2, 0.25) is 0 Å². The highest BCUT2D eigenvalue weighted by atomic mass is 35.5. The molecule has 0 spiro atoms. The number of benzene rings is 1. The fraction of sp³-hybridized carbons (Fsp3) is 0.304. The molecule has 1 aromatic carbocycles. The number of aliphatic imine (C=N–C) groups is 1. The van der Waals surface area contributed by atoms with E-state index in [0.717, 1.165) is 12.0 Å². The highest BCUT2D eigenvalue weighted by molar-refractivity contribution is 6.45. The summed E-state index contributed by atoms with van der Waals surface area (Å²) in [6.45, 7) is 2.29. The molecule has 9 heteroatoms. The van der Waals surface area contributed by atoms with Crippen LogP contribution < -0.4 is 5.73 Å². The number of carbonyl (C=O) groups excluding carboxylic acids is 2. The minimum Gasteiger partial charge on any atom is -0.402 e. The van der Waals surface area contributed by atoms with E-state index in [-0.39, 0.29) is 18.4 Å². The molecule has 32 heavy (non-hydrogen) atoms. The first kappa shape index (κ1) is 22.3. The Balaban J connectivity index is 1.55. The van der Waals surface area contributed by atoms with Gasteiger partial charge in [-0.2, -0.15) is 0 Å². The summed E-state index contributed by atoms with van der Waals surface area (Å²) < 4.78 is 0. The summed E-state index contributed by atoms with van der Waals surface area (Å²) in [5.74, 6) is -0.357. The Kier molecular flexibility index (Phi) is 6.77. The van der Waals surface area contributed by atoms with Gasteiger partial charge in [0.15, 0.2) is 0 Å². The molecule has 4 rings (SSSR count). The highest BCUT2D eigenvalue weighted by Gasteiger charge is 2.31. The lowest BCUT2D eigenvalue weighted by molar-refractivity contribution is -0.124. The Morgan fingerprint density at radius 1 is 1.09 bits per heavy atom. The van der Waals surface area contributed by atoms with Crippen molar-refractivity contribution >= 4 is 40.7 Å². The van der Waals surface area contributed by atoms with Gasteiger partial charge in [-0.15, -0.1) is 0 Å². The Labute approximate surface area is 196 Å². The van der Waals surface area contributed by atoms with Crippen molar-refractivity contribution in [1.29, 1.82) is 0 Å². The monoisotopic (exact) mass is 471 g/mol. The average molecular weight is 472 g/mol. The molecule has 0 atom stereocenters. The van der Waals surface area contributed by atoms with E-state index in [1.807, 2.05) is 12.1 Å². The first-order valence-electron chi connectivity index (χ1n) is 10.4. The number of halogens is 2. The van der Waals surface area contributed by atoms with E-state index >= 15 is 0 Å². The van der Waals surface area contributed by atoms with E-state index in [4.69, 9.17) is 28.9 Å². The summed E-state index contributed by atoms with van der Waals surface area (Å²) in [5.41, 5.74) is 9.31. The van der Waals surface area contributed by atoms with Crippen molar-refractivity contribution in [2.45, 2.75) is 19.4 Å². The second-order valence-corrected chi connectivity index (χ2v) is 8.59. The molecule has 2 amide bonds. The van der Waals surface area contributed by atoms with Gasteiger partial charge in [-0.05, 0) is 42.3 Å². The minimum absolute atomic E-state index is 0.166. The van der Waals surface area contributed by atoms with Crippen molar-refractivity contribution in [2.24, 2.45) is 10.7 Å². The van der Waals surface area contributed by atoms with Crippen LogP contribution >= 0.6 is 23.2 Å². The van der Waals surface area contributed by atoms with Crippen LogP contribution in [0.1, 0.15) is 28.8 Å². The third-order valence-corrected chi connectivity index (χ3v) is 6.33. The largest absolute Gasteiger partial charge is 0.402 e. The maximum Gasteiger partial charge on any atom is 0.272 e. The molecule has 2 N–H and O–H groups in total. The number of amides is 2. The molecule has 0 radical (unpaired) electrons. The predicted molar refractivity (Wildman–Crippen MR) is 125 cm³/mol. The van der Waals surface area contributed by atoms with Crippen molar-refractivity contribution in [3.05, 3.63) is 75.2 Å². The van der Waals surface area contributed by atoms with E-state index in [1.165, 1.54) is 0 Å². The quantitative estimate of drug-likeness (QED) is 0.739. The van der Waals surface area contributed by atoms with Gasteiger partial charge in [0.05, 0.1) is 10.0 Å². The number of pyridine rings is 1. The third kappa shape index (κ3) is 4.79. The lowest BCUT2D eigenvalue weighted by Crippen LogP contribution is -2.44. The zero-order valence-corrected chi connectivity index (χ0v) is 18.9. The summed E-state index contributed by atoms with van der Waals surface area (Å²) in [7, 11) is 0. The zero-order valence-electron chi connectivity index (χ0n) is 17.4. The molecule has 2 aliphatic heterocycles. The van der Waals surface area contributed by atoms with Crippen molar-refractivity contribution < 1.29 is 9.59 Å². The molecule has 0 saturated heterocycles. The number of nitrogens with zero attached hydrogens (tertiary/aromatic N) is 4. The van der Waals surface area contributed by atoms with Gasteiger partial charge in [0.1, 0.15) is 5.71 Å². The number of rotatable bonds is 4. The molecule has 3 heterocycles. The molecule has 0 fully saturated rings. The fourth-order valence-corrected chi connectivity index (χ4v) is 4.14. The molecule has 1 aromatic heterocycles. The van der Waals surface area contributed by atoms with Crippen LogP contribution in [-0.2, 0) is 11.3 Å². The first-order valence-corrected chi connectivity index (χ1v) is 11.1. The van der Waals surface area contributed by atoms with E-state index < -0.39 is 0 Å². The van der Waals surface area contributed by atoms with Crippen LogP contribution in [0.4, 0.5) is 0 Å². The van der Waals surface area contributed by atoms with Gasteiger partial charge >= 0.3 is 0 Å². The molecular weight excluding hydrogens is 449 g/mol. The Morgan fingerprint density at radius 3 is 2.62 bits per heavy atom. The number of carbonyl (C=O) groups is 2. The second kappa shape index (κ2) is 9.71. The van der Waals surface area contributed by atoms with Crippen molar-refractivity contribution in [2.75, 3.05) is 26.2 Å². The number of hydrogen-bond donors (Lipinski definition) is 1.